The van der Waals surface area contributed by atoms with Crippen LogP contribution in [0.3, 0.4) is 0 Å². The Balaban J connectivity index is 0.907. The van der Waals surface area contributed by atoms with E-state index in [0.29, 0.717) is 0 Å². The Morgan fingerprint density at radius 2 is 0.878 bits per heavy atom. The van der Waals surface area contributed by atoms with Crippen LogP contribution in [0.15, 0.2) is 97.6 Å². The zero-order valence-corrected chi connectivity index (χ0v) is 24.8. The van der Waals surface area contributed by atoms with E-state index in [2.05, 4.69) is 111 Å². The van der Waals surface area contributed by atoms with Crippen molar-refractivity contribution in [3.05, 3.63) is 97.6 Å². The summed E-state index contributed by atoms with van der Waals surface area (Å²) in [7, 11) is 0. The van der Waals surface area contributed by atoms with Crippen molar-refractivity contribution in [2.24, 2.45) is 5.73 Å². The van der Waals surface area contributed by atoms with Crippen molar-refractivity contribution in [2.75, 3.05) is 6.54 Å². The molecule has 4 heteroatoms. The summed E-state index contributed by atoms with van der Waals surface area (Å²) in [5.74, 6) is 0. The van der Waals surface area contributed by atoms with Crippen molar-refractivity contribution in [3.8, 4) is 11.1 Å². The highest BCUT2D eigenvalue weighted by Crippen LogP contribution is 2.29. The van der Waals surface area contributed by atoms with Crippen molar-refractivity contribution >= 4 is 21.8 Å². The molecule has 0 radical (unpaired) electrons. The predicted octanol–water partition coefficient (Wildman–Crippen LogP) is 7.99. The summed E-state index contributed by atoms with van der Waals surface area (Å²) in [6, 6.07) is 26.6. The average molecular weight is 549 g/mol. The first kappa shape index (κ1) is 29.0. The fourth-order valence-electron chi connectivity index (χ4n) is 6.09. The summed E-state index contributed by atoms with van der Waals surface area (Å²) < 4.78 is 7.06. The van der Waals surface area contributed by atoms with Gasteiger partial charge in [-0.1, -0.05) is 81.3 Å². The largest absolute Gasteiger partial charge is 0.340 e. The Labute approximate surface area is 246 Å². The molecule has 214 valence electrons. The van der Waals surface area contributed by atoms with Gasteiger partial charge in [-0.05, 0) is 42.6 Å². The molecule has 5 aromatic rings. The molecule has 0 spiro atoms. The molecular weight excluding hydrogens is 500 g/mol. The van der Waals surface area contributed by atoms with Gasteiger partial charge in [-0.3, -0.25) is 0 Å². The van der Waals surface area contributed by atoms with E-state index in [-0.39, 0.29) is 0 Å². The van der Waals surface area contributed by atoms with Crippen molar-refractivity contribution in [3.63, 3.8) is 0 Å². The van der Waals surface area contributed by atoms with Crippen molar-refractivity contribution in [1.29, 1.82) is 0 Å². The molecule has 0 atom stereocenters. The third kappa shape index (κ3) is 8.04. The predicted molar refractivity (Wildman–Crippen MR) is 172 cm³/mol. The smallest absolute Gasteiger partial charge is 0.169 e. The lowest BCUT2D eigenvalue weighted by atomic mass is 10.1. The molecule has 5 rings (SSSR count). The van der Waals surface area contributed by atoms with Crippen LogP contribution in [0.5, 0.6) is 0 Å². The van der Waals surface area contributed by atoms with Crippen LogP contribution in [0.4, 0.5) is 0 Å². The normalized spacial score (nSPS) is 11.5. The second kappa shape index (κ2) is 15.5. The van der Waals surface area contributed by atoms with Gasteiger partial charge in [-0.2, -0.15) is 0 Å². The molecule has 2 aromatic carbocycles. The van der Waals surface area contributed by atoms with Crippen LogP contribution >= 0.6 is 0 Å². The molecule has 0 unspecified atom stereocenters. The van der Waals surface area contributed by atoms with Crippen molar-refractivity contribution < 1.29 is 9.13 Å². The fraction of sp³-hybridized carbons (Fsp3) is 0.405. The third-order valence-corrected chi connectivity index (χ3v) is 8.46. The SMILES string of the molecule is NCCC[n+]1ccc(-c2cc[n+](CCCCCCCCCCCCn3c4ccccc4c4ccccc43)cc2)cc1. The highest BCUT2D eigenvalue weighted by molar-refractivity contribution is 6.07. The summed E-state index contributed by atoms with van der Waals surface area (Å²) in [6.07, 6.45) is 23.2. The zero-order valence-electron chi connectivity index (χ0n) is 24.8. The second-order valence-electron chi connectivity index (χ2n) is 11.5. The van der Waals surface area contributed by atoms with Crippen LogP contribution < -0.4 is 14.9 Å². The Morgan fingerprint density at radius 1 is 0.463 bits per heavy atom. The van der Waals surface area contributed by atoms with Crippen LogP contribution in [-0.2, 0) is 19.6 Å². The second-order valence-corrected chi connectivity index (χ2v) is 11.5. The monoisotopic (exact) mass is 548 g/mol. The summed E-state index contributed by atoms with van der Waals surface area (Å²) in [4.78, 5) is 0. The van der Waals surface area contributed by atoms with Crippen LogP contribution in [0, 0.1) is 0 Å². The molecule has 41 heavy (non-hydrogen) atoms. The number of fused-ring (bicyclic) bond motifs is 3. The number of hydrogen-bond donors (Lipinski definition) is 1. The first-order valence-corrected chi connectivity index (χ1v) is 16.0. The first-order chi connectivity index (χ1) is 20.3. The summed E-state index contributed by atoms with van der Waals surface area (Å²) >= 11 is 0. The van der Waals surface area contributed by atoms with E-state index in [9.17, 15) is 0 Å². The molecular formula is C37H48N4+2. The van der Waals surface area contributed by atoms with E-state index < -0.39 is 0 Å². The number of unbranched alkanes of at least 4 members (excludes halogenated alkanes) is 9. The van der Waals surface area contributed by atoms with Gasteiger partial charge >= 0.3 is 0 Å². The molecule has 4 nitrogen and oxygen atoms in total. The number of aromatic nitrogens is 3. The molecule has 0 aliphatic heterocycles. The van der Waals surface area contributed by atoms with Gasteiger partial charge in [0.15, 0.2) is 24.8 Å². The van der Waals surface area contributed by atoms with E-state index in [1.165, 1.54) is 97.1 Å². The highest BCUT2D eigenvalue weighted by atomic mass is 15.0. The molecule has 0 aliphatic carbocycles. The van der Waals surface area contributed by atoms with Gasteiger partial charge in [0.25, 0.3) is 0 Å². The van der Waals surface area contributed by atoms with Gasteiger partial charge in [0.1, 0.15) is 13.1 Å². The average Bonchev–Trinajstić information content (AvgIpc) is 3.34. The minimum atomic E-state index is 0.736. The Kier molecular flexibility index (Phi) is 11.0. The van der Waals surface area contributed by atoms with Crippen molar-refractivity contribution in [2.45, 2.75) is 90.3 Å². The van der Waals surface area contributed by atoms with Gasteiger partial charge in [0.05, 0.1) is 0 Å². The first-order valence-electron chi connectivity index (χ1n) is 16.0. The van der Waals surface area contributed by atoms with E-state index in [4.69, 9.17) is 5.73 Å². The summed E-state index contributed by atoms with van der Waals surface area (Å²) in [6.45, 7) is 3.95. The van der Waals surface area contributed by atoms with E-state index in [0.717, 1.165) is 32.6 Å². The fourth-order valence-corrected chi connectivity index (χ4v) is 6.09. The lowest BCUT2D eigenvalue weighted by molar-refractivity contribution is -0.697. The Hall–Kier alpha value is -3.50. The minimum Gasteiger partial charge on any atom is -0.340 e. The van der Waals surface area contributed by atoms with E-state index in [1.807, 2.05) is 0 Å². The maximum Gasteiger partial charge on any atom is 0.169 e. The standard InChI is InChI=1S/C37H48N4/c38-24-15-26-40-30-22-33(23-31-40)32-20-28-39(29-21-32)25-13-7-5-3-1-2-4-6-8-14-27-41-36-18-11-9-16-34(36)35-17-10-12-19-37(35)41/h9-12,16-23,28-31H,1-8,13-15,24-27,38H2/q+2. The summed E-state index contributed by atoms with van der Waals surface area (Å²) in [5.41, 5.74) is 10.9. The third-order valence-electron chi connectivity index (χ3n) is 8.46. The molecule has 0 bridgehead atoms. The number of rotatable bonds is 17. The van der Waals surface area contributed by atoms with Gasteiger partial charge < -0.3 is 10.3 Å². The number of hydrogen-bond acceptors (Lipinski definition) is 1. The molecule has 2 N–H and O–H groups in total. The Bertz CT molecular complexity index is 1410. The van der Waals surface area contributed by atoms with Crippen LogP contribution in [0.2, 0.25) is 0 Å². The lowest BCUT2D eigenvalue weighted by Crippen LogP contribution is -2.33. The number of nitrogens with zero attached hydrogens (tertiary/aromatic N) is 3. The maximum absolute atomic E-state index is 5.62. The number of para-hydroxylation sites is 2. The number of benzene rings is 2. The van der Waals surface area contributed by atoms with Crippen LogP contribution in [-0.4, -0.2) is 11.1 Å². The van der Waals surface area contributed by atoms with Gasteiger partial charge in [0.2, 0.25) is 0 Å². The molecule has 0 amide bonds. The molecule has 0 fully saturated rings. The lowest BCUT2D eigenvalue weighted by Gasteiger charge is -2.07. The molecule has 0 saturated carbocycles. The van der Waals surface area contributed by atoms with E-state index >= 15 is 0 Å². The number of nitrogens with two attached hydrogens (primary N) is 1. The van der Waals surface area contributed by atoms with Crippen LogP contribution in [0.25, 0.3) is 32.9 Å². The van der Waals surface area contributed by atoms with Gasteiger partial charge in [0, 0.05) is 65.5 Å². The Morgan fingerprint density at radius 3 is 1.37 bits per heavy atom. The quantitative estimate of drug-likeness (QED) is 0.0928. The number of pyridine rings is 2. The molecule has 0 saturated heterocycles. The number of aryl methyl sites for hydroxylation is 3. The highest BCUT2D eigenvalue weighted by Gasteiger charge is 2.09. The maximum atomic E-state index is 5.62. The van der Waals surface area contributed by atoms with Crippen molar-refractivity contribution in [1.82, 2.24) is 4.57 Å². The van der Waals surface area contributed by atoms with Gasteiger partial charge in [-0.15, -0.1) is 0 Å². The molecule has 0 aliphatic rings. The topological polar surface area (TPSA) is 38.7 Å². The van der Waals surface area contributed by atoms with Gasteiger partial charge in [-0.25, -0.2) is 9.13 Å². The molecule has 3 aromatic heterocycles. The molecule has 3 heterocycles. The van der Waals surface area contributed by atoms with E-state index in [1.54, 1.807) is 0 Å². The zero-order chi connectivity index (χ0) is 28.1. The van der Waals surface area contributed by atoms with Crippen LogP contribution in [0.1, 0.15) is 70.6 Å². The minimum absolute atomic E-state index is 0.736. The summed E-state index contributed by atoms with van der Waals surface area (Å²) in [5, 5.41) is 2.77.